The molecule has 2 rings (SSSR count). The molecule has 0 spiro atoms. The first-order valence-corrected chi connectivity index (χ1v) is 6.55. The summed E-state index contributed by atoms with van der Waals surface area (Å²) in [4.78, 5) is 17.9. The molecule has 2 N–H and O–H groups in total. The fraction of sp³-hybridized carbons (Fsp3) is 0.667. The van der Waals surface area contributed by atoms with E-state index < -0.39 is 4.92 Å². The van der Waals surface area contributed by atoms with Crippen molar-refractivity contribution in [3.63, 3.8) is 0 Å². The maximum atomic E-state index is 11.0. The van der Waals surface area contributed by atoms with E-state index >= 15 is 0 Å². The summed E-state index contributed by atoms with van der Waals surface area (Å²) >= 11 is 0. The molecule has 1 fully saturated rings. The molecule has 1 saturated carbocycles. The van der Waals surface area contributed by atoms with Crippen molar-refractivity contribution in [3.05, 3.63) is 16.4 Å². The van der Waals surface area contributed by atoms with E-state index in [9.17, 15) is 10.1 Å². The van der Waals surface area contributed by atoms with Crippen molar-refractivity contribution >= 4 is 11.5 Å². The molecular formula is C12H18N4O3. The number of hydrogen-bond acceptors (Lipinski definition) is 6. The van der Waals surface area contributed by atoms with Gasteiger partial charge in [-0.2, -0.15) is 4.98 Å². The normalized spacial score (nSPS) is 23.0. The molecule has 0 saturated heterocycles. The van der Waals surface area contributed by atoms with E-state index in [0.29, 0.717) is 5.92 Å². The van der Waals surface area contributed by atoms with Crippen molar-refractivity contribution in [1.29, 1.82) is 0 Å². The summed E-state index contributed by atoms with van der Waals surface area (Å²) in [5.74, 6) is 0.256. The van der Waals surface area contributed by atoms with E-state index in [1.807, 2.05) is 0 Å². The van der Waals surface area contributed by atoms with Gasteiger partial charge in [0.25, 0.3) is 5.88 Å². The van der Waals surface area contributed by atoms with Crippen LogP contribution in [-0.4, -0.2) is 21.0 Å². The first kappa shape index (κ1) is 13.5. The Labute approximate surface area is 111 Å². The molecule has 0 aromatic carbocycles. The Hall–Kier alpha value is -1.92. The molecule has 7 heteroatoms. The number of rotatable bonds is 4. The molecule has 104 valence electrons. The second-order valence-electron chi connectivity index (χ2n) is 4.78. The Bertz CT molecular complexity index is 466. The first-order valence-electron chi connectivity index (χ1n) is 6.55. The van der Waals surface area contributed by atoms with E-state index in [-0.39, 0.29) is 23.5 Å². The van der Waals surface area contributed by atoms with Crippen molar-refractivity contribution in [1.82, 2.24) is 9.97 Å². The van der Waals surface area contributed by atoms with Crippen LogP contribution in [-0.2, 0) is 0 Å². The zero-order valence-corrected chi connectivity index (χ0v) is 10.9. The predicted octanol–water partition coefficient (Wildman–Crippen LogP) is 2.31. The maximum absolute atomic E-state index is 11.0. The average molecular weight is 266 g/mol. The summed E-state index contributed by atoms with van der Waals surface area (Å²) < 4.78 is 5.76. The Morgan fingerprint density at radius 1 is 1.47 bits per heavy atom. The molecular weight excluding hydrogens is 248 g/mol. The summed E-state index contributed by atoms with van der Waals surface area (Å²) in [7, 11) is 0. The third kappa shape index (κ3) is 2.91. The van der Waals surface area contributed by atoms with Gasteiger partial charge in [-0.25, -0.2) is 4.98 Å². The number of hydrogen-bond donors (Lipinski definition) is 1. The molecule has 1 aliphatic rings. The topological polar surface area (TPSA) is 104 Å². The lowest BCUT2D eigenvalue weighted by Crippen LogP contribution is -2.30. The number of anilines is 1. The van der Waals surface area contributed by atoms with Gasteiger partial charge >= 0.3 is 5.69 Å². The standard InChI is InChI=1S/C12H18N4O3/c1-2-8-5-3-4-6-9(8)19-12-10(16(17)18)11(13)14-7-15-12/h7-9H,2-6H2,1H3,(H2,13,14,15). The summed E-state index contributed by atoms with van der Waals surface area (Å²) in [6, 6.07) is 0. The summed E-state index contributed by atoms with van der Waals surface area (Å²) in [5.41, 5.74) is 5.19. The molecule has 0 radical (unpaired) electrons. The van der Waals surface area contributed by atoms with E-state index in [2.05, 4.69) is 16.9 Å². The molecule has 0 amide bonds. The first-order chi connectivity index (χ1) is 9.13. The molecule has 2 atom stereocenters. The van der Waals surface area contributed by atoms with E-state index in [0.717, 1.165) is 25.7 Å². The summed E-state index contributed by atoms with van der Waals surface area (Å²) in [6.07, 6.45) is 6.43. The number of ether oxygens (including phenoxy) is 1. The Balaban J connectivity index is 2.22. The fourth-order valence-electron chi connectivity index (χ4n) is 2.57. The molecule has 2 unspecified atom stereocenters. The Morgan fingerprint density at radius 2 is 2.21 bits per heavy atom. The minimum atomic E-state index is -0.589. The number of nitrogens with two attached hydrogens (primary N) is 1. The highest BCUT2D eigenvalue weighted by Crippen LogP contribution is 2.34. The third-order valence-electron chi connectivity index (χ3n) is 3.63. The van der Waals surface area contributed by atoms with Crippen LogP contribution in [0.2, 0.25) is 0 Å². The van der Waals surface area contributed by atoms with Gasteiger partial charge in [0.05, 0.1) is 4.92 Å². The Kier molecular flexibility index (Phi) is 4.13. The van der Waals surface area contributed by atoms with Gasteiger partial charge in [0, 0.05) is 0 Å². The SMILES string of the molecule is CCC1CCCCC1Oc1ncnc(N)c1[N+](=O)[O-]. The van der Waals surface area contributed by atoms with Crippen LogP contribution in [0.5, 0.6) is 5.88 Å². The van der Waals surface area contributed by atoms with E-state index in [1.165, 1.54) is 12.7 Å². The van der Waals surface area contributed by atoms with Gasteiger partial charge in [0.2, 0.25) is 5.82 Å². The van der Waals surface area contributed by atoms with Crippen molar-refractivity contribution in [3.8, 4) is 5.88 Å². The quantitative estimate of drug-likeness (QED) is 0.662. The smallest absolute Gasteiger partial charge is 0.372 e. The van der Waals surface area contributed by atoms with Crippen LogP contribution >= 0.6 is 0 Å². The number of aromatic nitrogens is 2. The maximum Gasteiger partial charge on any atom is 0.372 e. The zero-order chi connectivity index (χ0) is 13.8. The highest BCUT2D eigenvalue weighted by Gasteiger charge is 2.30. The lowest BCUT2D eigenvalue weighted by Gasteiger charge is -2.30. The van der Waals surface area contributed by atoms with E-state index in [1.54, 1.807) is 0 Å². The molecule has 1 aromatic heterocycles. The van der Waals surface area contributed by atoms with Crippen LogP contribution in [0.1, 0.15) is 39.0 Å². The molecule has 0 aliphatic heterocycles. The molecule has 1 aliphatic carbocycles. The van der Waals surface area contributed by atoms with Gasteiger partial charge in [0.15, 0.2) is 0 Å². The van der Waals surface area contributed by atoms with Crippen LogP contribution in [0.25, 0.3) is 0 Å². The second-order valence-corrected chi connectivity index (χ2v) is 4.78. The average Bonchev–Trinajstić information content (AvgIpc) is 2.39. The molecule has 19 heavy (non-hydrogen) atoms. The fourth-order valence-corrected chi connectivity index (χ4v) is 2.57. The van der Waals surface area contributed by atoms with Crippen molar-refractivity contribution in [2.75, 3.05) is 5.73 Å². The molecule has 1 aromatic rings. The number of nitrogens with zero attached hydrogens (tertiary/aromatic N) is 3. The second kappa shape index (κ2) is 5.81. The third-order valence-corrected chi connectivity index (χ3v) is 3.63. The summed E-state index contributed by atoms with van der Waals surface area (Å²) in [6.45, 7) is 2.11. The van der Waals surface area contributed by atoms with Gasteiger partial charge in [-0.3, -0.25) is 10.1 Å². The predicted molar refractivity (Wildman–Crippen MR) is 69.8 cm³/mol. The van der Waals surface area contributed by atoms with Crippen LogP contribution < -0.4 is 10.5 Å². The van der Waals surface area contributed by atoms with Crippen LogP contribution in [0.15, 0.2) is 6.33 Å². The van der Waals surface area contributed by atoms with Gasteiger partial charge in [0.1, 0.15) is 12.4 Å². The van der Waals surface area contributed by atoms with Gasteiger partial charge in [-0.05, 0) is 31.6 Å². The highest BCUT2D eigenvalue weighted by molar-refractivity contribution is 5.57. The van der Waals surface area contributed by atoms with Crippen LogP contribution in [0, 0.1) is 16.0 Å². The van der Waals surface area contributed by atoms with Crippen LogP contribution in [0.4, 0.5) is 11.5 Å². The minimum Gasteiger partial charge on any atom is -0.469 e. The van der Waals surface area contributed by atoms with Gasteiger partial charge < -0.3 is 10.5 Å². The minimum absolute atomic E-state index is 0.0112. The van der Waals surface area contributed by atoms with E-state index in [4.69, 9.17) is 10.5 Å². The molecule has 7 nitrogen and oxygen atoms in total. The van der Waals surface area contributed by atoms with Crippen molar-refractivity contribution in [2.45, 2.75) is 45.1 Å². The lowest BCUT2D eigenvalue weighted by atomic mass is 9.85. The zero-order valence-electron chi connectivity index (χ0n) is 10.9. The largest absolute Gasteiger partial charge is 0.469 e. The Morgan fingerprint density at radius 3 is 2.89 bits per heavy atom. The monoisotopic (exact) mass is 266 g/mol. The lowest BCUT2D eigenvalue weighted by molar-refractivity contribution is -0.385. The number of nitro groups is 1. The number of nitrogen functional groups attached to an aromatic ring is 1. The summed E-state index contributed by atoms with van der Waals surface area (Å²) in [5, 5.41) is 11.0. The van der Waals surface area contributed by atoms with Crippen molar-refractivity contribution < 1.29 is 9.66 Å². The highest BCUT2D eigenvalue weighted by atomic mass is 16.6. The molecule has 0 bridgehead atoms. The molecule has 1 heterocycles. The van der Waals surface area contributed by atoms with Gasteiger partial charge in [-0.15, -0.1) is 0 Å². The van der Waals surface area contributed by atoms with Crippen LogP contribution in [0.3, 0.4) is 0 Å². The van der Waals surface area contributed by atoms with Gasteiger partial charge in [-0.1, -0.05) is 13.3 Å². The van der Waals surface area contributed by atoms with Crippen molar-refractivity contribution in [2.24, 2.45) is 5.92 Å².